The van der Waals surface area contributed by atoms with Crippen molar-refractivity contribution in [2.75, 3.05) is 25.4 Å². The molecule has 2 heterocycles. The first kappa shape index (κ1) is 15.4. The Kier molecular flexibility index (Phi) is 5.48. The van der Waals surface area contributed by atoms with Crippen molar-refractivity contribution in [3.63, 3.8) is 0 Å². The number of hydrogen-bond donors (Lipinski definition) is 2. The molecule has 0 spiro atoms. The molecule has 0 amide bonds. The minimum Gasteiger partial charge on any atom is -0.493 e. The molecule has 1 aromatic rings. The topological polar surface area (TPSA) is 69.2 Å². The van der Waals surface area contributed by atoms with Crippen LogP contribution < -0.4 is 5.56 Å². The molecule has 1 aliphatic heterocycles. The molecule has 1 saturated heterocycles. The SMILES string of the molecule is CC(C)c1c(O)nc(SCCN2CCCCC2)[nH]c1=O. The molecule has 2 N–H and O–H groups in total. The molecule has 1 aliphatic rings. The van der Waals surface area contributed by atoms with Crippen LogP contribution in [0.2, 0.25) is 0 Å². The summed E-state index contributed by atoms with van der Waals surface area (Å²) in [4.78, 5) is 21.2. The lowest BCUT2D eigenvalue weighted by Gasteiger charge is -2.25. The van der Waals surface area contributed by atoms with E-state index in [1.165, 1.54) is 44.1 Å². The minimum atomic E-state index is -0.229. The summed E-state index contributed by atoms with van der Waals surface area (Å²) in [5, 5.41) is 10.3. The average Bonchev–Trinajstić information content (AvgIpc) is 2.38. The summed E-state index contributed by atoms with van der Waals surface area (Å²) in [5.41, 5.74) is 0.137. The maximum atomic E-state index is 11.9. The second-order valence-corrected chi connectivity index (χ2v) is 6.60. The Labute approximate surface area is 123 Å². The first-order valence-electron chi connectivity index (χ1n) is 7.26. The fourth-order valence-corrected chi connectivity index (χ4v) is 3.35. The molecular formula is C14H23N3O2S. The lowest BCUT2D eigenvalue weighted by Crippen LogP contribution is -2.31. The molecule has 2 rings (SSSR count). The number of thioether (sulfide) groups is 1. The van der Waals surface area contributed by atoms with E-state index in [1.807, 2.05) is 13.8 Å². The fourth-order valence-electron chi connectivity index (χ4n) is 2.49. The van der Waals surface area contributed by atoms with Gasteiger partial charge in [-0.25, -0.2) is 0 Å². The predicted octanol–water partition coefficient (Wildman–Crippen LogP) is 2.18. The molecule has 0 unspecified atom stereocenters. The Morgan fingerprint density at radius 2 is 2.05 bits per heavy atom. The van der Waals surface area contributed by atoms with Gasteiger partial charge in [-0.15, -0.1) is 0 Å². The van der Waals surface area contributed by atoms with Gasteiger partial charge in [-0.3, -0.25) is 4.79 Å². The number of hydrogen-bond acceptors (Lipinski definition) is 5. The van der Waals surface area contributed by atoms with Gasteiger partial charge >= 0.3 is 0 Å². The van der Waals surface area contributed by atoms with Crippen LogP contribution in [0.3, 0.4) is 0 Å². The molecule has 0 saturated carbocycles. The van der Waals surface area contributed by atoms with E-state index in [9.17, 15) is 9.90 Å². The zero-order valence-corrected chi connectivity index (χ0v) is 13.0. The molecule has 1 aromatic heterocycles. The van der Waals surface area contributed by atoms with E-state index in [-0.39, 0.29) is 17.4 Å². The van der Waals surface area contributed by atoms with Gasteiger partial charge in [0.1, 0.15) is 0 Å². The first-order chi connectivity index (χ1) is 9.58. The van der Waals surface area contributed by atoms with Crippen molar-refractivity contribution in [2.45, 2.75) is 44.2 Å². The zero-order valence-electron chi connectivity index (χ0n) is 12.2. The monoisotopic (exact) mass is 297 g/mol. The van der Waals surface area contributed by atoms with Crippen molar-refractivity contribution in [2.24, 2.45) is 0 Å². The number of aromatic amines is 1. The molecule has 0 aromatic carbocycles. The molecule has 0 bridgehead atoms. The summed E-state index contributed by atoms with van der Waals surface area (Å²) in [7, 11) is 0. The lowest BCUT2D eigenvalue weighted by atomic mass is 10.1. The van der Waals surface area contributed by atoms with Gasteiger partial charge in [0.05, 0.1) is 5.56 Å². The van der Waals surface area contributed by atoms with Gasteiger partial charge < -0.3 is 15.0 Å². The van der Waals surface area contributed by atoms with Crippen LogP contribution in [0.4, 0.5) is 0 Å². The van der Waals surface area contributed by atoms with Crippen LogP contribution in [0.1, 0.15) is 44.6 Å². The highest BCUT2D eigenvalue weighted by Crippen LogP contribution is 2.22. The van der Waals surface area contributed by atoms with Gasteiger partial charge in [0.15, 0.2) is 5.16 Å². The summed E-state index contributed by atoms with van der Waals surface area (Å²) in [5.74, 6) is 0.714. The molecule has 0 radical (unpaired) electrons. The standard InChI is InChI=1S/C14H23N3O2S/c1-10(2)11-12(18)15-14(16-13(11)19)20-9-8-17-6-4-3-5-7-17/h10H,3-9H2,1-2H3,(H2,15,16,18,19). The van der Waals surface area contributed by atoms with E-state index in [0.717, 1.165) is 12.3 Å². The van der Waals surface area contributed by atoms with Crippen LogP contribution >= 0.6 is 11.8 Å². The van der Waals surface area contributed by atoms with Crippen LogP contribution in [0.5, 0.6) is 5.88 Å². The van der Waals surface area contributed by atoms with Crippen LogP contribution in [-0.4, -0.2) is 45.4 Å². The minimum absolute atomic E-state index is 0.0290. The molecule has 1 fully saturated rings. The van der Waals surface area contributed by atoms with E-state index in [4.69, 9.17) is 0 Å². The molecular weight excluding hydrogens is 274 g/mol. The van der Waals surface area contributed by atoms with E-state index in [1.54, 1.807) is 0 Å². The first-order valence-corrected chi connectivity index (χ1v) is 8.25. The summed E-state index contributed by atoms with van der Waals surface area (Å²) < 4.78 is 0. The summed E-state index contributed by atoms with van der Waals surface area (Å²) >= 11 is 1.49. The Balaban J connectivity index is 1.91. The van der Waals surface area contributed by atoms with Gasteiger partial charge in [-0.1, -0.05) is 32.0 Å². The number of likely N-dealkylation sites (tertiary alicyclic amines) is 1. The third kappa shape index (κ3) is 3.99. The smallest absolute Gasteiger partial charge is 0.258 e. The number of aromatic nitrogens is 2. The Morgan fingerprint density at radius 1 is 1.35 bits per heavy atom. The van der Waals surface area contributed by atoms with Crippen molar-refractivity contribution < 1.29 is 5.11 Å². The van der Waals surface area contributed by atoms with Crippen LogP contribution in [0, 0.1) is 0 Å². The van der Waals surface area contributed by atoms with Gasteiger partial charge in [0.2, 0.25) is 5.88 Å². The number of aromatic hydroxyl groups is 1. The highest BCUT2D eigenvalue weighted by molar-refractivity contribution is 7.99. The van der Waals surface area contributed by atoms with E-state index in [0.29, 0.717) is 10.7 Å². The maximum absolute atomic E-state index is 11.9. The molecule has 0 atom stereocenters. The molecule has 6 heteroatoms. The number of nitrogens with zero attached hydrogens (tertiary/aromatic N) is 2. The maximum Gasteiger partial charge on any atom is 0.258 e. The lowest BCUT2D eigenvalue weighted by molar-refractivity contribution is 0.242. The molecule has 20 heavy (non-hydrogen) atoms. The number of piperidine rings is 1. The highest BCUT2D eigenvalue weighted by Gasteiger charge is 2.15. The highest BCUT2D eigenvalue weighted by atomic mass is 32.2. The van der Waals surface area contributed by atoms with Crippen molar-refractivity contribution in [3.05, 3.63) is 15.9 Å². The Morgan fingerprint density at radius 3 is 2.65 bits per heavy atom. The van der Waals surface area contributed by atoms with Gasteiger partial charge in [-0.2, -0.15) is 4.98 Å². The van der Waals surface area contributed by atoms with Crippen molar-refractivity contribution in [3.8, 4) is 5.88 Å². The van der Waals surface area contributed by atoms with Gasteiger partial charge in [0, 0.05) is 12.3 Å². The zero-order chi connectivity index (χ0) is 14.5. The van der Waals surface area contributed by atoms with Gasteiger partial charge in [0.25, 0.3) is 5.56 Å². The largest absolute Gasteiger partial charge is 0.493 e. The van der Waals surface area contributed by atoms with E-state index >= 15 is 0 Å². The van der Waals surface area contributed by atoms with Crippen molar-refractivity contribution >= 4 is 11.8 Å². The van der Waals surface area contributed by atoms with Crippen molar-refractivity contribution in [1.82, 2.24) is 14.9 Å². The molecule has 0 aliphatic carbocycles. The molecule has 112 valence electrons. The van der Waals surface area contributed by atoms with Crippen molar-refractivity contribution in [1.29, 1.82) is 0 Å². The van der Waals surface area contributed by atoms with Gasteiger partial charge in [-0.05, 0) is 31.8 Å². The fraction of sp³-hybridized carbons (Fsp3) is 0.714. The third-order valence-corrected chi connectivity index (χ3v) is 4.44. The average molecular weight is 297 g/mol. The second-order valence-electron chi connectivity index (χ2n) is 5.51. The van der Waals surface area contributed by atoms with E-state index < -0.39 is 0 Å². The van der Waals surface area contributed by atoms with Crippen LogP contribution in [-0.2, 0) is 0 Å². The Hall–Kier alpha value is -1.01. The summed E-state index contributed by atoms with van der Waals surface area (Å²) in [6.45, 7) is 7.08. The number of H-pyrrole nitrogens is 1. The predicted molar refractivity (Wildman–Crippen MR) is 81.6 cm³/mol. The van der Waals surface area contributed by atoms with Crippen LogP contribution in [0.25, 0.3) is 0 Å². The van der Waals surface area contributed by atoms with Crippen LogP contribution in [0.15, 0.2) is 9.95 Å². The summed E-state index contributed by atoms with van der Waals surface area (Å²) in [6, 6.07) is 0. The number of rotatable bonds is 5. The quantitative estimate of drug-likeness (QED) is 0.644. The third-order valence-electron chi connectivity index (χ3n) is 3.59. The normalized spacial score (nSPS) is 16.8. The second kappa shape index (κ2) is 7.13. The number of nitrogens with one attached hydrogen (secondary N) is 1. The summed E-state index contributed by atoms with van der Waals surface area (Å²) in [6.07, 6.45) is 3.90. The molecule has 5 nitrogen and oxygen atoms in total. The van der Waals surface area contributed by atoms with E-state index in [2.05, 4.69) is 14.9 Å². The Bertz CT molecular complexity index is 496.